The van der Waals surface area contributed by atoms with E-state index in [4.69, 9.17) is 18.9 Å². The molecule has 0 N–H and O–H groups in total. The molecule has 0 aromatic heterocycles. The van der Waals surface area contributed by atoms with Crippen molar-refractivity contribution in [1.82, 2.24) is 0 Å². The minimum absolute atomic E-state index is 0.128. The molecule has 57 heavy (non-hydrogen) atoms. The van der Waals surface area contributed by atoms with Gasteiger partial charge in [0.05, 0.1) is 19.6 Å². The molecule has 0 fully saturated rings. The zero-order chi connectivity index (χ0) is 40.0. The quantitative estimate of drug-likeness (QED) is 0.0993. The fourth-order valence-electron chi connectivity index (χ4n) is 5.74. The molecule has 7 aromatic carbocycles. The van der Waals surface area contributed by atoms with Gasteiger partial charge in [0.2, 0.25) is 19.7 Å². The van der Waals surface area contributed by atoms with Gasteiger partial charge in [0.1, 0.15) is 46.0 Å². The van der Waals surface area contributed by atoms with Crippen LogP contribution in [0.5, 0.6) is 46.0 Å². The van der Waals surface area contributed by atoms with E-state index >= 15 is 0 Å². The Balaban J connectivity index is 0.952. The van der Waals surface area contributed by atoms with Gasteiger partial charge in [0, 0.05) is 10.7 Å². The van der Waals surface area contributed by atoms with Crippen LogP contribution in [0.25, 0.3) is 0 Å². The van der Waals surface area contributed by atoms with E-state index in [1.54, 1.807) is 66.7 Å². The van der Waals surface area contributed by atoms with E-state index in [-0.39, 0.29) is 19.6 Å². The first-order chi connectivity index (χ1) is 27.5. The molecular formula is C45H34Br2O8S2. The maximum absolute atomic E-state index is 13.4. The monoisotopic (exact) mass is 924 g/mol. The zero-order valence-corrected chi connectivity index (χ0v) is 35.1. The summed E-state index contributed by atoms with van der Waals surface area (Å²) in [6.45, 7) is 1.86. The Bertz CT molecular complexity index is 2720. The van der Waals surface area contributed by atoms with Gasteiger partial charge in [-0.2, -0.15) is 0 Å². The zero-order valence-electron chi connectivity index (χ0n) is 30.3. The van der Waals surface area contributed by atoms with Crippen LogP contribution in [-0.2, 0) is 30.3 Å². The van der Waals surface area contributed by atoms with Crippen molar-refractivity contribution in [3.05, 3.63) is 180 Å². The average Bonchev–Trinajstić information content (AvgIpc) is 3.23. The normalized spacial score (nSPS) is 11.5. The molecule has 0 saturated carbocycles. The third-order valence-corrected chi connectivity index (χ3v) is 13.6. The Morgan fingerprint density at radius 1 is 0.386 bits per heavy atom. The van der Waals surface area contributed by atoms with E-state index in [2.05, 4.69) is 31.9 Å². The standard InChI is InChI=1S/C45H34Br2O8S2/c1-31-26-40(54-36-12-21-43(22-13-36)56(48,49)41-17-8-34(9-18-41)52-38-6-2-4-32(27-38)29-46)16-25-45(31)55-37-14-23-44(24-15-37)57(50,51)42-19-10-35(11-20-42)53-39-7-3-5-33(28-39)30-47/h2-28H,29-30H2,1H3. The number of hydrogen-bond acceptors (Lipinski definition) is 8. The maximum Gasteiger partial charge on any atom is 0.206 e. The van der Waals surface area contributed by atoms with Crippen LogP contribution < -0.4 is 18.9 Å². The smallest absolute Gasteiger partial charge is 0.206 e. The van der Waals surface area contributed by atoms with Crippen LogP contribution in [0, 0.1) is 6.92 Å². The molecule has 0 aliphatic rings. The van der Waals surface area contributed by atoms with Gasteiger partial charge in [-0.25, -0.2) is 16.8 Å². The largest absolute Gasteiger partial charge is 0.457 e. The molecular weight excluding hydrogens is 892 g/mol. The Kier molecular flexibility index (Phi) is 12.2. The summed E-state index contributed by atoms with van der Waals surface area (Å²) in [5, 5.41) is 1.40. The molecule has 0 spiro atoms. The summed E-state index contributed by atoms with van der Waals surface area (Å²) >= 11 is 6.87. The molecule has 0 unspecified atom stereocenters. The fraction of sp³-hybridized carbons (Fsp3) is 0.0667. The lowest BCUT2D eigenvalue weighted by atomic mass is 10.2. The van der Waals surface area contributed by atoms with Crippen molar-refractivity contribution in [2.45, 2.75) is 37.2 Å². The molecule has 288 valence electrons. The van der Waals surface area contributed by atoms with Crippen molar-refractivity contribution in [3.8, 4) is 46.0 Å². The molecule has 8 nitrogen and oxygen atoms in total. The van der Waals surface area contributed by atoms with Crippen molar-refractivity contribution in [2.24, 2.45) is 0 Å². The minimum Gasteiger partial charge on any atom is -0.457 e. The first-order valence-electron chi connectivity index (χ1n) is 17.5. The number of benzene rings is 7. The van der Waals surface area contributed by atoms with Crippen molar-refractivity contribution in [2.75, 3.05) is 0 Å². The first kappa shape index (κ1) is 39.8. The summed E-state index contributed by atoms with van der Waals surface area (Å²) in [6, 6.07) is 45.6. The third-order valence-electron chi connectivity index (χ3n) is 8.72. The molecule has 0 atom stereocenters. The van der Waals surface area contributed by atoms with Crippen LogP contribution >= 0.6 is 31.9 Å². The number of hydrogen-bond donors (Lipinski definition) is 0. The molecule has 0 bridgehead atoms. The molecule has 0 heterocycles. The lowest BCUT2D eigenvalue weighted by Crippen LogP contribution is -2.02. The second kappa shape index (κ2) is 17.4. The summed E-state index contributed by atoms with van der Waals surface area (Å²) in [7, 11) is -7.57. The Hall–Kier alpha value is -5.40. The van der Waals surface area contributed by atoms with Gasteiger partial charge in [-0.15, -0.1) is 0 Å². The lowest BCUT2D eigenvalue weighted by molar-refractivity contribution is 0.465. The van der Waals surface area contributed by atoms with E-state index in [1.807, 2.05) is 55.5 Å². The minimum atomic E-state index is -3.78. The van der Waals surface area contributed by atoms with E-state index in [1.165, 1.54) is 48.5 Å². The van der Waals surface area contributed by atoms with Crippen LogP contribution in [0.4, 0.5) is 0 Å². The number of halogens is 2. The van der Waals surface area contributed by atoms with E-state index in [0.29, 0.717) is 56.7 Å². The van der Waals surface area contributed by atoms with Gasteiger partial charge < -0.3 is 18.9 Å². The maximum atomic E-state index is 13.4. The molecule has 0 amide bonds. The van der Waals surface area contributed by atoms with Gasteiger partial charge in [0.25, 0.3) is 0 Å². The first-order valence-corrected chi connectivity index (χ1v) is 22.7. The number of alkyl halides is 2. The Morgan fingerprint density at radius 3 is 1.04 bits per heavy atom. The van der Waals surface area contributed by atoms with Crippen LogP contribution in [0.15, 0.2) is 183 Å². The summed E-state index contributed by atoms with van der Waals surface area (Å²) in [6.07, 6.45) is 0. The molecule has 0 aliphatic heterocycles. The van der Waals surface area contributed by atoms with Crippen molar-refractivity contribution < 1.29 is 35.8 Å². The highest BCUT2D eigenvalue weighted by Crippen LogP contribution is 2.34. The van der Waals surface area contributed by atoms with Crippen molar-refractivity contribution >= 4 is 51.5 Å². The van der Waals surface area contributed by atoms with Crippen LogP contribution in [0.3, 0.4) is 0 Å². The Labute approximate surface area is 348 Å². The van der Waals surface area contributed by atoms with E-state index in [0.717, 1.165) is 16.7 Å². The summed E-state index contributed by atoms with van der Waals surface area (Å²) in [5.74, 6) is 4.37. The SMILES string of the molecule is Cc1cc(Oc2ccc(S(=O)(=O)c3ccc(Oc4cccc(CBr)c4)cc3)cc2)ccc1Oc1ccc(S(=O)(=O)c2ccc(Oc3cccc(CBr)c3)cc2)cc1. The van der Waals surface area contributed by atoms with Crippen molar-refractivity contribution in [1.29, 1.82) is 0 Å². The molecule has 7 rings (SSSR count). The predicted molar refractivity (Wildman–Crippen MR) is 226 cm³/mol. The van der Waals surface area contributed by atoms with Crippen LogP contribution in [-0.4, -0.2) is 16.8 Å². The van der Waals surface area contributed by atoms with E-state index in [9.17, 15) is 16.8 Å². The second-order valence-electron chi connectivity index (χ2n) is 12.8. The highest BCUT2D eigenvalue weighted by molar-refractivity contribution is 9.08. The van der Waals surface area contributed by atoms with Gasteiger partial charge in [-0.3, -0.25) is 0 Å². The highest BCUT2D eigenvalue weighted by Gasteiger charge is 2.20. The van der Waals surface area contributed by atoms with E-state index < -0.39 is 19.7 Å². The Morgan fingerprint density at radius 2 is 0.702 bits per heavy atom. The van der Waals surface area contributed by atoms with Crippen LogP contribution in [0.2, 0.25) is 0 Å². The third kappa shape index (κ3) is 9.60. The number of rotatable bonds is 14. The second-order valence-corrected chi connectivity index (χ2v) is 17.8. The molecule has 0 aliphatic carbocycles. The van der Waals surface area contributed by atoms with Gasteiger partial charge in [-0.1, -0.05) is 56.1 Å². The molecule has 12 heteroatoms. The number of aryl methyl sites for hydroxylation is 1. The van der Waals surface area contributed by atoms with Gasteiger partial charge >= 0.3 is 0 Å². The van der Waals surface area contributed by atoms with Crippen LogP contribution in [0.1, 0.15) is 16.7 Å². The summed E-state index contributed by atoms with van der Waals surface area (Å²) in [5.41, 5.74) is 2.90. The van der Waals surface area contributed by atoms with Gasteiger partial charge in [0.15, 0.2) is 0 Å². The molecule has 7 aromatic rings. The topological polar surface area (TPSA) is 105 Å². The van der Waals surface area contributed by atoms with Gasteiger partial charge in [-0.05, 0) is 163 Å². The molecule has 0 saturated heterocycles. The number of sulfone groups is 2. The highest BCUT2D eigenvalue weighted by atomic mass is 79.9. The number of ether oxygens (including phenoxy) is 4. The average molecular weight is 927 g/mol. The predicted octanol–water partition coefficient (Wildman–Crippen LogP) is 12.6. The summed E-state index contributed by atoms with van der Waals surface area (Å²) < 4.78 is 77.4. The molecule has 0 radical (unpaired) electrons. The fourth-order valence-corrected chi connectivity index (χ4v) is 8.96. The van der Waals surface area contributed by atoms with Crippen molar-refractivity contribution in [3.63, 3.8) is 0 Å². The summed E-state index contributed by atoms with van der Waals surface area (Å²) in [4.78, 5) is 0.542. The lowest BCUT2D eigenvalue weighted by Gasteiger charge is -2.13.